The molecule has 0 aliphatic carbocycles. The van der Waals surface area contributed by atoms with Gasteiger partial charge in [-0.15, -0.1) is 0 Å². The average molecular weight is 309 g/mol. The molecular weight excluding hydrogens is 286 g/mol. The van der Waals surface area contributed by atoms with Crippen molar-refractivity contribution in [3.05, 3.63) is 71.8 Å². The van der Waals surface area contributed by atoms with Crippen LogP contribution in [0, 0.1) is 5.92 Å². The molecule has 2 N–H and O–H groups in total. The summed E-state index contributed by atoms with van der Waals surface area (Å²) in [7, 11) is 0. The van der Waals surface area contributed by atoms with E-state index in [4.69, 9.17) is 5.73 Å². The molecule has 2 rings (SSSR count). The predicted octanol–water partition coefficient (Wildman–Crippen LogP) is 3.89. The number of hydrogen-bond acceptors (Lipinski definition) is 3. The van der Waals surface area contributed by atoms with Crippen molar-refractivity contribution in [3.63, 3.8) is 0 Å². The van der Waals surface area contributed by atoms with E-state index in [1.54, 1.807) is 0 Å². The molecule has 0 aliphatic heterocycles. The van der Waals surface area contributed by atoms with Crippen molar-refractivity contribution in [1.82, 2.24) is 0 Å². The summed E-state index contributed by atoms with van der Waals surface area (Å²) in [6.45, 7) is 0.504. The van der Waals surface area contributed by atoms with Gasteiger partial charge < -0.3 is 5.73 Å². The van der Waals surface area contributed by atoms with E-state index in [1.165, 1.54) is 0 Å². The largest absolute Gasteiger partial charge is 0.330 e. The first-order chi connectivity index (χ1) is 11.2. The van der Waals surface area contributed by atoms with Crippen LogP contribution in [-0.2, 0) is 0 Å². The van der Waals surface area contributed by atoms with Gasteiger partial charge in [0.1, 0.15) is 0 Å². The minimum absolute atomic E-state index is 0.137. The third-order valence-corrected chi connectivity index (χ3v) is 4.08. The fourth-order valence-corrected chi connectivity index (χ4v) is 2.59. The smallest absolute Gasteiger partial charge is 0.162 e. The molecule has 0 fully saturated rings. The van der Waals surface area contributed by atoms with Gasteiger partial charge in [-0.3, -0.25) is 9.59 Å². The maximum atomic E-state index is 12.1. The molecule has 0 aromatic heterocycles. The van der Waals surface area contributed by atoms with E-state index in [1.807, 2.05) is 60.7 Å². The molecule has 0 spiro atoms. The Balaban J connectivity index is 1.79. The highest BCUT2D eigenvalue weighted by Crippen LogP contribution is 2.17. The number of rotatable bonds is 9. The molecule has 0 amide bonds. The van der Waals surface area contributed by atoms with Gasteiger partial charge in [-0.25, -0.2) is 0 Å². The van der Waals surface area contributed by atoms with Crippen LogP contribution in [0.3, 0.4) is 0 Å². The number of carbonyl (C=O) groups excluding carboxylic acids is 2. The van der Waals surface area contributed by atoms with Gasteiger partial charge in [0.15, 0.2) is 11.6 Å². The molecule has 120 valence electrons. The van der Waals surface area contributed by atoms with Gasteiger partial charge in [0.25, 0.3) is 0 Å². The van der Waals surface area contributed by atoms with Crippen LogP contribution in [0.4, 0.5) is 0 Å². The fraction of sp³-hybridized carbons (Fsp3) is 0.300. The highest BCUT2D eigenvalue weighted by Gasteiger charge is 2.14. The molecule has 0 radical (unpaired) electrons. The lowest BCUT2D eigenvalue weighted by Gasteiger charge is -2.13. The Hall–Kier alpha value is -2.26. The summed E-state index contributed by atoms with van der Waals surface area (Å²) in [5.74, 6) is 0.479. The monoisotopic (exact) mass is 309 g/mol. The third kappa shape index (κ3) is 5.46. The van der Waals surface area contributed by atoms with Crippen LogP contribution in [0.2, 0.25) is 0 Å². The van der Waals surface area contributed by atoms with Gasteiger partial charge in [-0.1, -0.05) is 60.7 Å². The second-order valence-electron chi connectivity index (χ2n) is 5.76. The van der Waals surface area contributed by atoms with Gasteiger partial charge in [-0.05, 0) is 25.3 Å². The fourth-order valence-electron chi connectivity index (χ4n) is 2.59. The van der Waals surface area contributed by atoms with Gasteiger partial charge >= 0.3 is 0 Å². The maximum Gasteiger partial charge on any atom is 0.162 e. The van der Waals surface area contributed by atoms with Crippen molar-refractivity contribution < 1.29 is 9.59 Å². The summed E-state index contributed by atoms with van der Waals surface area (Å²) in [5.41, 5.74) is 7.28. The van der Waals surface area contributed by atoms with Gasteiger partial charge in [-0.2, -0.15) is 0 Å². The maximum absolute atomic E-state index is 12.1. The summed E-state index contributed by atoms with van der Waals surface area (Å²) in [6, 6.07) is 18.6. The van der Waals surface area contributed by atoms with Gasteiger partial charge in [0.2, 0.25) is 0 Å². The summed E-state index contributed by atoms with van der Waals surface area (Å²) >= 11 is 0. The topological polar surface area (TPSA) is 60.2 Å². The molecule has 0 unspecified atom stereocenters. The van der Waals surface area contributed by atoms with E-state index in [0.29, 0.717) is 19.4 Å². The van der Waals surface area contributed by atoms with Crippen LogP contribution < -0.4 is 5.73 Å². The van der Waals surface area contributed by atoms with Crippen molar-refractivity contribution in [2.45, 2.75) is 25.7 Å². The molecule has 0 bridgehead atoms. The van der Waals surface area contributed by atoms with Gasteiger partial charge in [0.05, 0.1) is 0 Å². The summed E-state index contributed by atoms with van der Waals surface area (Å²) in [4.78, 5) is 24.2. The normalized spacial score (nSPS) is 10.7. The molecule has 0 saturated heterocycles. The number of nitrogens with two attached hydrogens (primary N) is 1. The Morgan fingerprint density at radius 3 is 1.48 bits per heavy atom. The Morgan fingerprint density at radius 1 is 0.739 bits per heavy atom. The molecule has 0 aliphatic rings. The number of Topliss-reactive ketones (excluding diaryl/α,β-unsaturated/α-hetero) is 2. The van der Waals surface area contributed by atoms with Crippen LogP contribution in [0.25, 0.3) is 0 Å². The molecule has 3 nitrogen and oxygen atoms in total. The van der Waals surface area contributed by atoms with E-state index < -0.39 is 0 Å². The summed E-state index contributed by atoms with van der Waals surface area (Å²) in [6.07, 6.45) is 2.41. The summed E-state index contributed by atoms with van der Waals surface area (Å²) < 4.78 is 0. The lowest BCUT2D eigenvalue weighted by molar-refractivity contribution is 0.0967. The van der Waals surface area contributed by atoms with Crippen LogP contribution >= 0.6 is 0 Å². The lowest BCUT2D eigenvalue weighted by atomic mass is 9.93. The SMILES string of the molecule is NCC(CCC(=O)c1ccccc1)CCC(=O)c1ccccc1. The quantitative estimate of drug-likeness (QED) is 0.715. The standard InChI is InChI=1S/C20H23NO2/c21-15-16(11-13-19(22)17-7-3-1-4-8-17)12-14-20(23)18-9-5-2-6-10-18/h1-10,16H,11-15,21H2. The van der Waals surface area contributed by atoms with E-state index in [2.05, 4.69) is 0 Å². The molecule has 0 heterocycles. The van der Waals surface area contributed by atoms with E-state index in [-0.39, 0.29) is 17.5 Å². The Morgan fingerprint density at radius 2 is 1.13 bits per heavy atom. The van der Waals surface area contributed by atoms with E-state index in [0.717, 1.165) is 24.0 Å². The number of carbonyl (C=O) groups is 2. The zero-order chi connectivity index (χ0) is 16.5. The van der Waals surface area contributed by atoms with Crippen LogP contribution in [0.1, 0.15) is 46.4 Å². The Kier molecular flexibility index (Phi) is 6.70. The first-order valence-electron chi connectivity index (χ1n) is 8.07. The van der Waals surface area contributed by atoms with Crippen molar-refractivity contribution in [2.24, 2.45) is 11.7 Å². The van der Waals surface area contributed by atoms with Crippen LogP contribution in [0.5, 0.6) is 0 Å². The van der Waals surface area contributed by atoms with Crippen molar-refractivity contribution >= 4 is 11.6 Å². The average Bonchev–Trinajstić information content (AvgIpc) is 2.62. The number of ketones is 2. The van der Waals surface area contributed by atoms with Crippen molar-refractivity contribution in [2.75, 3.05) is 6.54 Å². The number of benzene rings is 2. The lowest BCUT2D eigenvalue weighted by Crippen LogP contribution is -2.17. The second kappa shape index (κ2) is 9.01. The highest BCUT2D eigenvalue weighted by molar-refractivity contribution is 5.96. The molecule has 0 atom stereocenters. The Labute approximate surface area is 137 Å². The van der Waals surface area contributed by atoms with E-state index in [9.17, 15) is 9.59 Å². The first kappa shape index (κ1) is 17.1. The van der Waals surface area contributed by atoms with Gasteiger partial charge in [0, 0.05) is 24.0 Å². The third-order valence-electron chi connectivity index (χ3n) is 4.08. The zero-order valence-electron chi connectivity index (χ0n) is 13.3. The highest BCUT2D eigenvalue weighted by atomic mass is 16.1. The van der Waals surface area contributed by atoms with Crippen molar-refractivity contribution in [3.8, 4) is 0 Å². The van der Waals surface area contributed by atoms with E-state index >= 15 is 0 Å². The zero-order valence-corrected chi connectivity index (χ0v) is 13.3. The molecule has 2 aromatic carbocycles. The minimum atomic E-state index is 0.137. The molecule has 0 saturated carbocycles. The second-order valence-corrected chi connectivity index (χ2v) is 5.76. The first-order valence-corrected chi connectivity index (χ1v) is 8.07. The predicted molar refractivity (Wildman–Crippen MR) is 92.6 cm³/mol. The molecule has 23 heavy (non-hydrogen) atoms. The Bertz CT molecular complexity index is 567. The molecular formula is C20H23NO2. The van der Waals surface area contributed by atoms with Crippen LogP contribution in [0.15, 0.2) is 60.7 Å². The van der Waals surface area contributed by atoms with Crippen LogP contribution in [-0.4, -0.2) is 18.1 Å². The minimum Gasteiger partial charge on any atom is -0.330 e. The summed E-state index contributed by atoms with van der Waals surface area (Å²) in [5, 5.41) is 0. The molecule has 3 heteroatoms. The molecule has 2 aromatic rings. The van der Waals surface area contributed by atoms with Crippen molar-refractivity contribution in [1.29, 1.82) is 0 Å². The number of hydrogen-bond donors (Lipinski definition) is 1.